The van der Waals surface area contributed by atoms with Crippen LogP contribution >= 0.6 is 0 Å². The summed E-state index contributed by atoms with van der Waals surface area (Å²) < 4.78 is 5.16. The molecule has 6 heteroatoms. The molecule has 3 N–H and O–H groups in total. The fourth-order valence-electron chi connectivity index (χ4n) is 1.68. The average molecular weight is 294 g/mol. The van der Waals surface area contributed by atoms with E-state index in [4.69, 9.17) is 9.84 Å². The van der Waals surface area contributed by atoms with Crippen molar-refractivity contribution < 1.29 is 19.4 Å². The predicted octanol–water partition coefficient (Wildman–Crippen LogP) is 1.16. The first-order valence-corrected chi connectivity index (χ1v) is 7.02. The second kappa shape index (κ2) is 8.97. The zero-order chi connectivity index (χ0) is 15.7. The minimum atomic E-state index is -0.852. The fraction of sp³-hybridized carbons (Fsp3) is 0.467. The Morgan fingerprint density at radius 1 is 1.29 bits per heavy atom. The topological polar surface area (TPSA) is 87.7 Å². The van der Waals surface area contributed by atoms with E-state index in [1.807, 2.05) is 6.92 Å². The van der Waals surface area contributed by atoms with Gasteiger partial charge in [0.1, 0.15) is 0 Å². The molecular formula is C15H22N2O4. The minimum Gasteiger partial charge on any atom is -0.449 e. The number of aliphatic hydroxyl groups is 1. The summed E-state index contributed by atoms with van der Waals surface area (Å²) in [5, 5.41) is 14.4. The molecule has 0 aliphatic heterocycles. The average Bonchev–Trinajstić information content (AvgIpc) is 2.50. The number of para-hydroxylation sites is 1. The van der Waals surface area contributed by atoms with Gasteiger partial charge in [0, 0.05) is 18.8 Å². The van der Waals surface area contributed by atoms with E-state index in [1.54, 1.807) is 24.3 Å². The summed E-state index contributed by atoms with van der Waals surface area (Å²) in [4.78, 5) is 23.8. The number of nitrogens with one attached hydrogen (secondary N) is 2. The van der Waals surface area contributed by atoms with Crippen molar-refractivity contribution in [1.82, 2.24) is 5.32 Å². The van der Waals surface area contributed by atoms with E-state index < -0.39 is 12.1 Å². The maximum absolute atomic E-state index is 12.1. The van der Waals surface area contributed by atoms with E-state index in [9.17, 15) is 9.59 Å². The zero-order valence-corrected chi connectivity index (χ0v) is 12.4. The molecule has 0 fully saturated rings. The maximum atomic E-state index is 12.1. The lowest BCUT2D eigenvalue weighted by molar-refractivity contribution is -0.129. The lowest BCUT2D eigenvalue weighted by atomic mass is 10.1. The number of carbonyl (C=O) groups excluding carboxylic acids is 2. The second-order valence-corrected chi connectivity index (χ2v) is 4.53. The van der Waals surface area contributed by atoms with Crippen molar-refractivity contribution in [1.29, 1.82) is 0 Å². The van der Waals surface area contributed by atoms with E-state index in [-0.39, 0.29) is 12.5 Å². The van der Waals surface area contributed by atoms with Crippen molar-refractivity contribution in [2.24, 2.45) is 0 Å². The molecule has 0 radical (unpaired) electrons. The van der Waals surface area contributed by atoms with Gasteiger partial charge in [-0.2, -0.15) is 0 Å². The van der Waals surface area contributed by atoms with E-state index in [1.165, 1.54) is 6.92 Å². The van der Waals surface area contributed by atoms with E-state index in [2.05, 4.69) is 10.6 Å². The number of anilines is 1. The number of amides is 1. The molecule has 0 saturated carbocycles. The van der Waals surface area contributed by atoms with Crippen LogP contribution in [0.2, 0.25) is 0 Å². The van der Waals surface area contributed by atoms with Crippen LogP contribution in [-0.2, 0) is 9.53 Å². The molecule has 1 amide bonds. The Balaban J connectivity index is 2.68. The number of aliphatic hydroxyl groups excluding tert-OH is 1. The van der Waals surface area contributed by atoms with Gasteiger partial charge in [0.15, 0.2) is 6.10 Å². The molecular weight excluding hydrogens is 272 g/mol. The lowest BCUT2D eigenvalue weighted by Crippen LogP contribution is -2.36. The van der Waals surface area contributed by atoms with Gasteiger partial charge in [-0.15, -0.1) is 0 Å². The quantitative estimate of drug-likeness (QED) is 0.626. The Bertz CT molecular complexity index is 476. The van der Waals surface area contributed by atoms with Crippen molar-refractivity contribution in [3.8, 4) is 0 Å². The Morgan fingerprint density at radius 2 is 2.00 bits per heavy atom. The Morgan fingerprint density at radius 3 is 2.67 bits per heavy atom. The third-order valence-electron chi connectivity index (χ3n) is 2.78. The summed E-state index contributed by atoms with van der Waals surface area (Å²) in [6.07, 6.45) is -0.0321. The van der Waals surface area contributed by atoms with Crippen LogP contribution in [0.1, 0.15) is 30.6 Å². The molecule has 1 rings (SSSR count). The molecule has 21 heavy (non-hydrogen) atoms. The molecule has 6 nitrogen and oxygen atoms in total. The normalized spacial score (nSPS) is 11.6. The first-order chi connectivity index (χ1) is 10.1. The van der Waals surface area contributed by atoms with Crippen LogP contribution < -0.4 is 10.6 Å². The largest absolute Gasteiger partial charge is 0.449 e. The molecule has 0 saturated heterocycles. The highest BCUT2D eigenvalue weighted by Crippen LogP contribution is 2.16. The van der Waals surface area contributed by atoms with Crippen molar-refractivity contribution >= 4 is 17.6 Å². The third-order valence-corrected chi connectivity index (χ3v) is 2.78. The number of esters is 1. The predicted molar refractivity (Wildman–Crippen MR) is 80.2 cm³/mol. The first-order valence-electron chi connectivity index (χ1n) is 7.02. The van der Waals surface area contributed by atoms with Gasteiger partial charge in [0.05, 0.1) is 12.2 Å². The minimum absolute atomic E-state index is 0.0425. The van der Waals surface area contributed by atoms with Crippen molar-refractivity contribution in [2.45, 2.75) is 26.4 Å². The summed E-state index contributed by atoms with van der Waals surface area (Å²) >= 11 is 0. The summed E-state index contributed by atoms with van der Waals surface area (Å²) in [5.74, 6) is -0.888. The van der Waals surface area contributed by atoms with Crippen LogP contribution in [0.3, 0.4) is 0 Å². The highest BCUT2D eigenvalue weighted by Gasteiger charge is 2.20. The summed E-state index contributed by atoms with van der Waals surface area (Å²) in [5.41, 5.74) is 0.902. The smallest absolute Gasteiger partial charge is 0.341 e. The van der Waals surface area contributed by atoms with Gasteiger partial charge in [-0.25, -0.2) is 4.79 Å². The van der Waals surface area contributed by atoms with Crippen molar-refractivity contribution in [3.05, 3.63) is 29.8 Å². The number of benzene rings is 1. The van der Waals surface area contributed by atoms with Crippen LogP contribution in [-0.4, -0.2) is 42.8 Å². The van der Waals surface area contributed by atoms with Gasteiger partial charge in [-0.3, -0.25) is 4.79 Å². The second-order valence-electron chi connectivity index (χ2n) is 4.53. The standard InChI is InChI=1S/C15H22N2O4/c1-3-8-17-14(19)11(2)21-15(20)12-6-4-5-7-13(12)16-9-10-18/h4-7,11,16,18H,3,8-10H2,1-2H3,(H,17,19)/t11-/m0/s1. The van der Waals surface area contributed by atoms with Gasteiger partial charge in [0.25, 0.3) is 5.91 Å². The Kier molecular flexibility index (Phi) is 7.25. The molecule has 0 aliphatic carbocycles. The molecule has 0 heterocycles. The van der Waals surface area contributed by atoms with E-state index in [0.29, 0.717) is 24.3 Å². The first kappa shape index (κ1) is 17.0. The van der Waals surface area contributed by atoms with Crippen LogP contribution in [0.4, 0.5) is 5.69 Å². The van der Waals surface area contributed by atoms with Crippen LogP contribution in [0, 0.1) is 0 Å². The molecule has 0 unspecified atom stereocenters. The number of ether oxygens (including phenoxy) is 1. The van der Waals surface area contributed by atoms with Crippen LogP contribution in [0.5, 0.6) is 0 Å². The number of rotatable bonds is 8. The summed E-state index contributed by atoms with van der Waals surface area (Å²) in [7, 11) is 0. The van der Waals surface area contributed by atoms with Crippen LogP contribution in [0.15, 0.2) is 24.3 Å². The highest BCUT2D eigenvalue weighted by atomic mass is 16.5. The molecule has 0 aliphatic rings. The third kappa shape index (κ3) is 5.43. The lowest BCUT2D eigenvalue weighted by Gasteiger charge is -2.15. The molecule has 0 spiro atoms. The molecule has 1 atom stereocenters. The maximum Gasteiger partial charge on any atom is 0.341 e. The Hall–Kier alpha value is -2.08. The summed E-state index contributed by atoms with van der Waals surface area (Å²) in [6, 6.07) is 6.81. The molecule has 1 aromatic rings. The van der Waals surface area contributed by atoms with Gasteiger partial charge in [-0.1, -0.05) is 19.1 Å². The van der Waals surface area contributed by atoms with E-state index >= 15 is 0 Å². The van der Waals surface area contributed by atoms with Gasteiger partial charge in [-0.05, 0) is 25.5 Å². The number of hydrogen-bond donors (Lipinski definition) is 3. The van der Waals surface area contributed by atoms with Crippen molar-refractivity contribution in [3.63, 3.8) is 0 Å². The molecule has 1 aromatic carbocycles. The van der Waals surface area contributed by atoms with Gasteiger partial charge in [0.2, 0.25) is 0 Å². The number of hydrogen-bond acceptors (Lipinski definition) is 5. The van der Waals surface area contributed by atoms with Crippen LogP contribution in [0.25, 0.3) is 0 Å². The van der Waals surface area contributed by atoms with E-state index in [0.717, 1.165) is 6.42 Å². The monoisotopic (exact) mass is 294 g/mol. The summed E-state index contributed by atoms with van der Waals surface area (Å²) in [6.45, 7) is 4.32. The van der Waals surface area contributed by atoms with Gasteiger partial charge >= 0.3 is 5.97 Å². The number of carbonyl (C=O) groups is 2. The molecule has 0 aromatic heterocycles. The highest BCUT2D eigenvalue weighted by molar-refractivity contribution is 5.97. The van der Waals surface area contributed by atoms with Gasteiger partial charge < -0.3 is 20.5 Å². The van der Waals surface area contributed by atoms with Crippen molar-refractivity contribution in [2.75, 3.05) is 25.0 Å². The molecule has 0 bridgehead atoms. The zero-order valence-electron chi connectivity index (χ0n) is 12.4. The Labute approximate surface area is 124 Å². The SMILES string of the molecule is CCCNC(=O)[C@H](C)OC(=O)c1ccccc1NCCO. The molecule has 116 valence electrons. The fourth-order valence-corrected chi connectivity index (χ4v) is 1.68.